The Hall–Kier alpha value is -0.920. The van der Waals surface area contributed by atoms with Crippen LogP contribution < -0.4 is 0 Å². The first kappa shape index (κ1) is 11.1. The Morgan fingerprint density at radius 3 is 2.08 bits per heavy atom. The highest BCUT2D eigenvalue weighted by molar-refractivity contribution is 5.96. The van der Waals surface area contributed by atoms with Crippen molar-refractivity contribution in [1.29, 1.82) is 5.41 Å². The quantitative estimate of drug-likeness (QED) is 0.612. The van der Waals surface area contributed by atoms with Gasteiger partial charge in [0.25, 0.3) is 0 Å². The Kier molecular flexibility index (Phi) is 3.87. The third-order valence-corrected chi connectivity index (χ3v) is 1.56. The number of allylic oxidation sites excluding steroid dienone is 1. The fraction of sp³-hybridized carbons (Fsp3) is 0.600. The minimum atomic E-state index is 0.0122. The molecule has 0 aliphatic carbocycles. The Bertz CT molecular complexity index is 216. The number of rotatable bonds is 2. The molecule has 12 heavy (non-hydrogen) atoms. The highest BCUT2D eigenvalue weighted by Crippen LogP contribution is 2.25. The zero-order valence-corrected chi connectivity index (χ0v) is 8.60. The summed E-state index contributed by atoms with van der Waals surface area (Å²) in [4.78, 5) is 4.03. The first-order valence-electron chi connectivity index (χ1n) is 4.13. The summed E-state index contributed by atoms with van der Waals surface area (Å²) in [5.41, 5.74) is 1.59. The molecule has 2 heteroatoms. The Balaban J connectivity index is 4.80. The maximum absolute atomic E-state index is 7.54. The molecule has 0 radical (unpaired) electrons. The van der Waals surface area contributed by atoms with E-state index in [9.17, 15) is 0 Å². The van der Waals surface area contributed by atoms with Gasteiger partial charge in [-0.05, 0) is 24.8 Å². The van der Waals surface area contributed by atoms with Gasteiger partial charge in [0.2, 0.25) is 0 Å². The predicted octanol–water partition coefficient (Wildman–Crippen LogP) is 3.05. The molecule has 0 aliphatic rings. The van der Waals surface area contributed by atoms with E-state index in [1.54, 1.807) is 19.3 Å². The first-order valence-corrected chi connectivity index (χ1v) is 4.13. The van der Waals surface area contributed by atoms with E-state index in [1.807, 2.05) is 6.92 Å². The molecule has 0 aliphatic heterocycles. The number of hydrogen-bond donors (Lipinski definition) is 1. The molecule has 0 saturated heterocycles. The highest BCUT2D eigenvalue weighted by Gasteiger charge is 2.18. The van der Waals surface area contributed by atoms with Crippen molar-refractivity contribution in [2.45, 2.75) is 34.6 Å². The lowest BCUT2D eigenvalue weighted by molar-refractivity contribution is 0.522. The fourth-order valence-electron chi connectivity index (χ4n) is 1.00. The largest absolute Gasteiger partial charge is 0.305 e. The van der Waals surface area contributed by atoms with Gasteiger partial charge in [0.15, 0.2) is 0 Å². The third kappa shape index (κ3) is 3.46. The van der Waals surface area contributed by atoms with Gasteiger partial charge in [-0.3, -0.25) is 4.99 Å². The fourth-order valence-corrected chi connectivity index (χ4v) is 1.00. The van der Waals surface area contributed by atoms with Crippen molar-refractivity contribution in [2.24, 2.45) is 10.4 Å². The Morgan fingerprint density at radius 1 is 1.33 bits per heavy atom. The summed E-state index contributed by atoms with van der Waals surface area (Å²) in [5, 5.41) is 7.54. The van der Waals surface area contributed by atoms with Crippen molar-refractivity contribution in [2.75, 3.05) is 0 Å². The predicted molar refractivity (Wildman–Crippen MR) is 55.1 cm³/mol. The van der Waals surface area contributed by atoms with Crippen molar-refractivity contribution < 1.29 is 0 Å². The maximum atomic E-state index is 7.54. The molecule has 0 fully saturated rings. The second-order valence-corrected chi connectivity index (χ2v) is 3.83. The summed E-state index contributed by atoms with van der Waals surface area (Å²) in [6.45, 7) is 9.92. The second-order valence-electron chi connectivity index (χ2n) is 3.83. The van der Waals surface area contributed by atoms with E-state index in [2.05, 4.69) is 25.8 Å². The van der Waals surface area contributed by atoms with Crippen LogP contribution >= 0.6 is 0 Å². The normalized spacial score (nSPS) is 13.9. The molecule has 1 N–H and O–H groups in total. The lowest BCUT2D eigenvalue weighted by Gasteiger charge is -2.21. The van der Waals surface area contributed by atoms with E-state index in [1.165, 1.54) is 0 Å². The summed E-state index contributed by atoms with van der Waals surface area (Å²) in [6, 6.07) is 0. The summed E-state index contributed by atoms with van der Waals surface area (Å²) in [6.07, 6.45) is 3.50. The molecule has 0 atom stereocenters. The summed E-state index contributed by atoms with van der Waals surface area (Å²) < 4.78 is 0. The molecule has 2 nitrogen and oxygen atoms in total. The second kappa shape index (κ2) is 4.19. The molecule has 0 heterocycles. The van der Waals surface area contributed by atoms with Crippen LogP contribution in [-0.2, 0) is 0 Å². The Morgan fingerprint density at radius 2 is 1.83 bits per heavy atom. The van der Waals surface area contributed by atoms with Gasteiger partial charge >= 0.3 is 0 Å². The first-order chi connectivity index (χ1) is 5.39. The van der Waals surface area contributed by atoms with Crippen LogP contribution in [0.4, 0.5) is 0 Å². The zero-order chi connectivity index (χ0) is 9.78. The number of hydrogen-bond acceptors (Lipinski definition) is 2. The average molecular weight is 166 g/mol. The van der Waals surface area contributed by atoms with Gasteiger partial charge in [-0.1, -0.05) is 20.8 Å². The van der Waals surface area contributed by atoms with Crippen molar-refractivity contribution in [3.05, 3.63) is 11.8 Å². The standard InChI is InChI=1S/C10H18N2/c1-6-12-7-9(8(2)11)10(3,4)5/h6-7,11H,1-5H3/b9-7+,11-8?,12-6-. The van der Waals surface area contributed by atoms with Crippen LogP contribution in [0.3, 0.4) is 0 Å². The Labute approximate surface area is 74.9 Å². The van der Waals surface area contributed by atoms with E-state index in [4.69, 9.17) is 5.41 Å². The topological polar surface area (TPSA) is 36.2 Å². The molecule has 0 spiro atoms. The maximum Gasteiger partial charge on any atom is 0.0335 e. The monoisotopic (exact) mass is 166 g/mol. The molecule has 0 aromatic heterocycles. The van der Waals surface area contributed by atoms with Gasteiger partial charge in [-0.2, -0.15) is 0 Å². The van der Waals surface area contributed by atoms with Crippen LogP contribution in [0.25, 0.3) is 0 Å². The molecule has 68 valence electrons. The SMILES string of the molecule is C/C=N\C=C(/C(C)=N)C(C)(C)C. The number of nitrogens with one attached hydrogen (secondary N) is 1. The van der Waals surface area contributed by atoms with Crippen LogP contribution in [0, 0.1) is 10.8 Å². The summed E-state index contributed by atoms with van der Waals surface area (Å²) in [5.74, 6) is 0. The molecule has 0 bridgehead atoms. The molecule has 0 amide bonds. The van der Waals surface area contributed by atoms with Gasteiger partial charge in [-0.15, -0.1) is 0 Å². The third-order valence-electron chi connectivity index (χ3n) is 1.56. The van der Waals surface area contributed by atoms with E-state index < -0.39 is 0 Å². The minimum Gasteiger partial charge on any atom is -0.305 e. The van der Waals surface area contributed by atoms with E-state index in [-0.39, 0.29) is 5.41 Å². The van der Waals surface area contributed by atoms with Crippen LogP contribution in [-0.4, -0.2) is 11.9 Å². The van der Waals surface area contributed by atoms with Gasteiger partial charge in [0.1, 0.15) is 0 Å². The molecular formula is C10H18N2. The van der Waals surface area contributed by atoms with Crippen molar-refractivity contribution in [3.63, 3.8) is 0 Å². The van der Waals surface area contributed by atoms with Crippen LogP contribution in [0.1, 0.15) is 34.6 Å². The van der Waals surface area contributed by atoms with Crippen molar-refractivity contribution >= 4 is 11.9 Å². The minimum absolute atomic E-state index is 0.0122. The highest BCUT2D eigenvalue weighted by atomic mass is 14.7. The summed E-state index contributed by atoms with van der Waals surface area (Å²) >= 11 is 0. The van der Waals surface area contributed by atoms with E-state index in [0.717, 1.165) is 5.57 Å². The van der Waals surface area contributed by atoms with E-state index >= 15 is 0 Å². The molecule has 0 saturated carbocycles. The lowest BCUT2D eigenvalue weighted by Crippen LogP contribution is -2.15. The molecule has 0 aromatic carbocycles. The smallest absolute Gasteiger partial charge is 0.0335 e. The molecular weight excluding hydrogens is 148 g/mol. The average Bonchev–Trinajstić information content (AvgIpc) is 1.84. The summed E-state index contributed by atoms with van der Waals surface area (Å²) in [7, 11) is 0. The lowest BCUT2D eigenvalue weighted by atomic mass is 9.84. The molecule has 0 aromatic rings. The van der Waals surface area contributed by atoms with Gasteiger partial charge in [-0.25, -0.2) is 0 Å². The number of nitrogens with zero attached hydrogens (tertiary/aromatic N) is 1. The van der Waals surface area contributed by atoms with Crippen molar-refractivity contribution in [1.82, 2.24) is 0 Å². The van der Waals surface area contributed by atoms with Gasteiger partial charge < -0.3 is 5.41 Å². The van der Waals surface area contributed by atoms with Gasteiger partial charge in [0, 0.05) is 18.1 Å². The van der Waals surface area contributed by atoms with Gasteiger partial charge in [0.05, 0.1) is 0 Å². The van der Waals surface area contributed by atoms with Crippen LogP contribution in [0.2, 0.25) is 0 Å². The number of aliphatic imine (C=N–C) groups is 1. The molecule has 0 rings (SSSR count). The molecule has 0 unspecified atom stereocenters. The van der Waals surface area contributed by atoms with Crippen LogP contribution in [0.15, 0.2) is 16.8 Å². The van der Waals surface area contributed by atoms with Crippen molar-refractivity contribution in [3.8, 4) is 0 Å². The van der Waals surface area contributed by atoms with Crippen LogP contribution in [0.5, 0.6) is 0 Å². The van der Waals surface area contributed by atoms with E-state index in [0.29, 0.717) is 5.71 Å². The zero-order valence-electron chi connectivity index (χ0n) is 8.60.